The second-order valence-corrected chi connectivity index (χ2v) is 6.41. The van der Waals surface area contributed by atoms with Crippen LogP contribution < -0.4 is 5.32 Å². The van der Waals surface area contributed by atoms with Gasteiger partial charge in [0, 0.05) is 17.6 Å². The molecule has 1 N–H and O–H groups in total. The molecular weight excluding hydrogens is 330 g/mol. The molecule has 1 atom stereocenters. The lowest BCUT2D eigenvalue weighted by molar-refractivity contribution is -0.00149. The predicted octanol–water partition coefficient (Wildman–Crippen LogP) is 4.18. The Morgan fingerprint density at radius 1 is 1.19 bits per heavy atom. The molecule has 0 saturated carbocycles. The van der Waals surface area contributed by atoms with Gasteiger partial charge in [0.15, 0.2) is 0 Å². The maximum atomic E-state index is 6.02. The minimum atomic E-state index is 0.0507. The number of rotatable bonds is 11. The van der Waals surface area contributed by atoms with E-state index in [9.17, 15) is 0 Å². The zero-order valence-corrected chi connectivity index (χ0v) is 15.0. The van der Waals surface area contributed by atoms with Crippen LogP contribution in [0.3, 0.4) is 0 Å². The smallest absolute Gasteiger partial charge is 0.0961 e. The van der Waals surface area contributed by atoms with Crippen molar-refractivity contribution in [1.82, 2.24) is 5.32 Å². The van der Waals surface area contributed by atoms with Gasteiger partial charge < -0.3 is 14.8 Å². The van der Waals surface area contributed by atoms with Gasteiger partial charge in [-0.1, -0.05) is 54.9 Å². The van der Waals surface area contributed by atoms with E-state index in [0.29, 0.717) is 19.1 Å². The number of hydrogen-bond donors (Lipinski definition) is 1. The molecule has 0 aliphatic rings. The molecule has 0 aliphatic heterocycles. The molecule has 21 heavy (non-hydrogen) atoms. The van der Waals surface area contributed by atoms with E-state index >= 15 is 0 Å². The minimum absolute atomic E-state index is 0.0507. The van der Waals surface area contributed by atoms with E-state index < -0.39 is 0 Å². The zero-order valence-electron chi connectivity index (χ0n) is 13.4. The van der Waals surface area contributed by atoms with Crippen molar-refractivity contribution >= 4 is 15.9 Å². The molecule has 0 spiro atoms. The first-order valence-corrected chi connectivity index (χ1v) is 8.59. The summed E-state index contributed by atoms with van der Waals surface area (Å²) in [5.41, 5.74) is 1.19. The third-order valence-corrected chi connectivity index (χ3v) is 3.73. The SMILES string of the molecule is CCCNCC(OCCOCC(C)C)c1ccccc1Br. The van der Waals surface area contributed by atoms with Crippen molar-refractivity contribution < 1.29 is 9.47 Å². The summed E-state index contributed by atoms with van der Waals surface area (Å²) in [7, 11) is 0. The topological polar surface area (TPSA) is 30.5 Å². The molecule has 120 valence electrons. The van der Waals surface area contributed by atoms with E-state index in [-0.39, 0.29) is 6.10 Å². The third kappa shape index (κ3) is 7.96. The van der Waals surface area contributed by atoms with Gasteiger partial charge in [0.25, 0.3) is 0 Å². The Morgan fingerprint density at radius 2 is 1.95 bits per heavy atom. The Morgan fingerprint density at radius 3 is 2.62 bits per heavy atom. The maximum absolute atomic E-state index is 6.02. The Bertz CT molecular complexity index is 385. The second kappa shape index (κ2) is 11.2. The molecule has 1 aromatic carbocycles. The van der Waals surface area contributed by atoms with Crippen LogP contribution in [0.15, 0.2) is 28.7 Å². The summed E-state index contributed by atoms with van der Waals surface area (Å²) < 4.78 is 12.7. The van der Waals surface area contributed by atoms with E-state index in [0.717, 1.165) is 30.6 Å². The van der Waals surface area contributed by atoms with Crippen molar-refractivity contribution in [2.24, 2.45) is 5.92 Å². The van der Waals surface area contributed by atoms with Crippen LogP contribution in [-0.4, -0.2) is 32.9 Å². The molecule has 0 amide bonds. The van der Waals surface area contributed by atoms with Crippen LogP contribution in [0.25, 0.3) is 0 Å². The van der Waals surface area contributed by atoms with Gasteiger partial charge in [-0.3, -0.25) is 0 Å². The van der Waals surface area contributed by atoms with Gasteiger partial charge in [0.05, 0.1) is 19.3 Å². The summed E-state index contributed by atoms with van der Waals surface area (Å²) in [5, 5.41) is 3.43. The summed E-state index contributed by atoms with van der Waals surface area (Å²) in [4.78, 5) is 0. The normalized spacial score (nSPS) is 12.8. The largest absolute Gasteiger partial charge is 0.379 e. The maximum Gasteiger partial charge on any atom is 0.0961 e. The highest BCUT2D eigenvalue weighted by Gasteiger charge is 2.14. The highest BCUT2D eigenvalue weighted by molar-refractivity contribution is 9.10. The van der Waals surface area contributed by atoms with Crippen molar-refractivity contribution in [3.63, 3.8) is 0 Å². The van der Waals surface area contributed by atoms with Crippen molar-refractivity contribution in [2.75, 3.05) is 32.9 Å². The first-order valence-electron chi connectivity index (χ1n) is 7.79. The van der Waals surface area contributed by atoms with Crippen molar-refractivity contribution in [2.45, 2.75) is 33.3 Å². The van der Waals surface area contributed by atoms with Crippen LogP contribution in [0, 0.1) is 5.92 Å². The lowest BCUT2D eigenvalue weighted by Gasteiger charge is -2.20. The standard InChI is InChI=1S/C17H28BrNO2/c1-4-9-19-12-17(15-7-5-6-8-16(15)18)21-11-10-20-13-14(2)3/h5-8,14,17,19H,4,9-13H2,1-3H3. The number of nitrogens with one attached hydrogen (secondary N) is 1. The zero-order chi connectivity index (χ0) is 15.5. The second-order valence-electron chi connectivity index (χ2n) is 5.55. The van der Waals surface area contributed by atoms with Gasteiger partial charge in [-0.25, -0.2) is 0 Å². The average molecular weight is 358 g/mol. The fraction of sp³-hybridized carbons (Fsp3) is 0.647. The molecule has 0 aromatic heterocycles. The lowest BCUT2D eigenvalue weighted by atomic mass is 10.1. The Hall–Kier alpha value is -0.420. The number of ether oxygens (including phenoxy) is 2. The Balaban J connectivity index is 2.47. The first kappa shape index (κ1) is 18.6. The molecule has 3 nitrogen and oxygen atoms in total. The van der Waals surface area contributed by atoms with Crippen molar-refractivity contribution in [1.29, 1.82) is 0 Å². The fourth-order valence-electron chi connectivity index (χ4n) is 1.97. The number of benzene rings is 1. The first-order chi connectivity index (χ1) is 10.1. The molecule has 0 heterocycles. The number of halogens is 1. The van der Waals surface area contributed by atoms with Crippen molar-refractivity contribution in [3.8, 4) is 0 Å². The lowest BCUT2D eigenvalue weighted by Crippen LogP contribution is -2.25. The minimum Gasteiger partial charge on any atom is -0.379 e. The summed E-state index contributed by atoms with van der Waals surface area (Å²) in [5.74, 6) is 0.565. The van der Waals surface area contributed by atoms with Gasteiger partial charge in [-0.2, -0.15) is 0 Å². The van der Waals surface area contributed by atoms with E-state index in [4.69, 9.17) is 9.47 Å². The molecule has 1 rings (SSSR count). The fourth-order valence-corrected chi connectivity index (χ4v) is 2.51. The third-order valence-electron chi connectivity index (χ3n) is 3.01. The quantitative estimate of drug-likeness (QED) is 0.602. The average Bonchev–Trinajstić information content (AvgIpc) is 2.46. The molecule has 1 aromatic rings. The van der Waals surface area contributed by atoms with Crippen LogP contribution in [0.2, 0.25) is 0 Å². The van der Waals surface area contributed by atoms with E-state index in [1.165, 1.54) is 5.56 Å². The summed E-state index contributed by atoms with van der Waals surface area (Å²) in [6, 6.07) is 8.24. The van der Waals surface area contributed by atoms with Gasteiger partial charge in [-0.05, 0) is 30.5 Å². The molecule has 0 radical (unpaired) electrons. The highest BCUT2D eigenvalue weighted by Crippen LogP contribution is 2.25. The molecule has 1 unspecified atom stereocenters. The predicted molar refractivity (Wildman–Crippen MR) is 91.7 cm³/mol. The van der Waals surface area contributed by atoms with E-state index in [2.05, 4.69) is 54.2 Å². The number of hydrogen-bond acceptors (Lipinski definition) is 3. The van der Waals surface area contributed by atoms with Crippen LogP contribution in [0.4, 0.5) is 0 Å². The van der Waals surface area contributed by atoms with Crippen LogP contribution in [-0.2, 0) is 9.47 Å². The van der Waals surface area contributed by atoms with Gasteiger partial charge in [0.2, 0.25) is 0 Å². The van der Waals surface area contributed by atoms with Gasteiger partial charge in [-0.15, -0.1) is 0 Å². The molecule has 0 saturated heterocycles. The molecule has 0 fully saturated rings. The highest BCUT2D eigenvalue weighted by atomic mass is 79.9. The van der Waals surface area contributed by atoms with Crippen LogP contribution in [0.1, 0.15) is 38.9 Å². The van der Waals surface area contributed by atoms with E-state index in [1.807, 2.05) is 12.1 Å². The van der Waals surface area contributed by atoms with Crippen LogP contribution >= 0.6 is 15.9 Å². The molecular formula is C17H28BrNO2. The summed E-state index contributed by atoms with van der Waals surface area (Å²) in [6.07, 6.45) is 1.18. The molecule has 0 bridgehead atoms. The van der Waals surface area contributed by atoms with Crippen molar-refractivity contribution in [3.05, 3.63) is 34.3 Å². The Labute approximate surface area is 137 Å². The van der Waals surface area contributed by atoms with Crippen LogP contribution in [0.5, 0.6) is 0 Å². The van der Waals surface area contributed by atoms with Gasteiger partial charge >= 0.3 is 0 Å². The molecule has 0 aliphatic carbocycles. The summed E-state index contributed by atoms with van der Waals surface area (Å²) >= 11 is 3.61. The molecule has 4 heteroatoms. The van der Waals surface area contributed by atoms with Gasteiger partial charge in [0.1, 0.15) is 0 Å². The summed E-state index contributed by atoms with van der Waals surface area (Å²) in [6.45, 7) is 10.4. The monoisotopic (exact) mass is 357 g/mol. The van der Waals surface area contributed by atoms with E-state index in [1.54, 1.807) is 0 Å². The Kier molecular flexibility index (Phi) is 9.92.